The fourth-order valence-electron chi connectivity index (χ4n) is 1.91. The van der Waals surface area contributed by atoms with Gasteiger partial charge in [0.2, 0.25) is 5.91 Å². The Hall–Kier alpha value is -1.71. The predicted octanol–water partition coefficient (Wildman–Crippen LogP) is 1.87. The summed E-state index contributed by atoms with van der Waals surface area (Å²) in [6.07, 6.45) is 2.49. The Bertz CT molecular complexity index is 429. The minimum atomic E-state index is 0.0799. The minimum absolute atomic E-state index is 0.0799. The molecule has 0 N–H and O–H groups in total. The van der Waals surface area contributed by atoms with Gasteiger partial charge in [-0.25, -0.2) is 0 Å². The molecule has 1 aliphatic rings. The van der Waals surface area contributed by atoms with Gasteiger partial charge in [-0.05, 0) is 36.6 Å². The summed E-state index contributed by atoms with van der Waals surface area (Å²) in [5, 5.41) is 0. The number of benzene rings is 1. The van der Waals surface area contributed by atoms with Gasteiger partial charge in [-0.3, -0.25) is 4.79 Å². The molecule has 1 aromatic carbocycles. The Morgan fingerprint density at radius 1 is 1.44 bits per heavy atom. The zero-order valence-corrected chi connectivity index (χ0v) is 10.9. The van der Waals surface area contributed by atoms with Crippen LogP contribution >= 0.6 is 0 Å². The summed E-state index contributed by atoms with van der Waals surface area (Å²) in [7, 11) is 3.50. The van der Waals surface area contributed by atoms with Crippen LogP contribution in [-0.4, -0.2) is 38.1 Å². The fourth-order valence-corrected chi connectivity index (χ4v) is 1.91. The van der Waals surface area contributed by atoms with Crippen molar-refractivity contribution in [2.75, 3.05) is 27.3 Å². The molecule has 0 spiro atoms. The van der Waals surface area contributed by atoms with Gasteiger partial charge in [0.25, 0.3) is 0 Å². The van der Waals surface area contributed by atoms with Crippen molar-refractivity contribution in [2.24, 2.45) is 0 Å². The molecule has 4 nitrogen and oxygen atoms in total. The first-order chi connectivity index (χ1) is 8.66. The molecule has 1 aromatic rings. The van der Waals surface area contributed by atoms with E-state index in [1.807, 2.05) is 18.2 Å². The molecule has 0 bridgehead atoms. The van der Waals surface area contributed by atoms with Crippen LogP contribution in [0.1, 0.15) is 18.4 Å². The molecular formula is C14H19NO3. The smallest absolute Gasteiger partial charge is 0.225 e. The molecule has 18 heavy (non-hydrogen) atoms. The van der Waals surface area contributed by atoms with Gasteiger partial charge in [0, 0.05) is 14.1 Å². The molecule has 0 atom stereocenters. The second kappa shape index (κ2) is 5.76. The topological polar surface area (TPSA) is 38.8 Å². The first-order valence-electron chi connectivity index (χ1n) is 6.25. The zero-order valence-electron chi connectivity index (χ0n) is 10.9. The van der Waals surface area contributed by atoms with Gasteiger partial charge in [0.15, 0.2) is 0 Å². The number of rotatable bonds is 4. The first kappa shape index (κ1) is 12.7. The van der Waals surface area contributed by atoms with Crippen LogP contribution in [-0.2, 0) is 11.2 Å². The molecule has 0 unspecified atom stereocenters. The molecule has 0 fully saturated rings. The van der Waals surface area contributed by atoms with Crippen molar-refractivity contribution in [1.29, 1.82) is 0 Å². The largest absolute Gasteiger partial charge is 0.493 e. The van der Waals surface area contributed by atoms with Crippen molar-refractivity contribution < 1.29 is 14.3 Å². The summed E-state index contributed by atoms with van der Waals surface area (Å²) in [4.78, 5) is 13.0. The van der Waals surface area contributed by atoms with Crippen LogP contribution in [0, 0.1) is 0 Å². The van der Waals surface area contributed by atoms with E-state index in [-0.39, 0.29) is 5.91 Å². The van der Waals surface area contributed by atoms with Crippen molar-refractivity contribution in [1.82, 2.24) is 4.90 Å². The number of ether oxygens (including phenoxy) is 2. The maximum absolute atomic E-state index is 11.4. The second-order valence-corrected chi connectivity index (χ2v) is 4.61. The summed E-state index contributed by atoms with van der Waals surface area (Å²) < 4.78 is 11.1. The highest BCUT2D eigenvalue weighted by molar-refractivity contribution is 5.75. The summed E-state index contributed by atoms with van der Waals surface area (Å²) in [6, 6.07) is 5.84. The standard InChI is InChI=1S/C14H19NO3/c1-15(2)14(16)7-9-17-12-5-6-13-11(10-12)4-3-8-18-13/h5-6,10H,3-4,7-9H2,1-2H3. The highest BCUT2D eigenvalue weighted by Gasteiger charge is 2.11. The van der Waals surface area contributed by atoms with Crippen molar-refractivity contribution in [3.63, 3.8) is 0 Å². The van der Waals surface area contributed by atoms with E-state index in [4.69, 9.17) is 9.47 Å². The van der Waals surface area contributed by atoms with Gasteiger partial charge in [-0.2, -0.15) is 0 Å². The first-order valence-corrected chi connectivity index (χ1v) is 6.25. The van der Waals surface area contributed by atoms with Gasteiger partial charge in [-0.15, -0.1) is 0 Å². The third-order valence-electron chi connectivity index (χ3n) is 2.96. The second-order valence-electron chi connectivity index (χ2n) is 4.61. The van der Waals surface area contributed by atoms with E-state index < -0.39 is 0 Å². The van der Waals surface area contributed by atoms with Gasteiger partial charge in [-0.1, -0.05) is 0 Å². The van der Waals surface area contributed by atoms with E-state index in [9.17, 15) is 4.79 Å². The Kier molecular flexibility index (Phi) is 4.07. The quantitative estimate of drug-likeness (QED) is 0.817. The number of carbonyl (C=O) groups excluding carboxylic acids is 1. The van der Waals surface area contributed by atoms with Gasteiger partial charge >= 0.3 is 0 Å². The van der Waals surface area contributed by atoms with E-state index in [0.717, 1.165) is 30.9 Å². The maximum Gasteiger partial charge on any atom is 0.225 e. The van der Waals surface area contributed by atoms with Gasteiger partial charge < -0.3 is 14.4 Å². The van der Waals surface area contributed by atoms with Crippen LogP contribution in [0.15, 0.2) is 18.2 Å². The number of hydrogen-bond acceptors (Lipinski definition) is 3. The Morgan fingerprint density at radius 3 is 3.06 bits per heavy atom. The van der Waals surface area contributed by atoms with Crippen LogP contribution in [0.3, 0.4) is 0 Å². The van der Waals surface area contributed by atoms with Gasteiger partial charge in [0.1, 0.15) is 11.5 Å². The van der Waals surface area contributed by atoms with Crippen molar-refractivity contribution in [2.45, 2.75) is 19.3 Å². The predicted molar refractivity (Wildman–Crippen MR) is 69.1 cm³/mol. The van der Waals surface area contributed by atoms with Crippen LogP contribution < -0.4 is 9.47 Å². The number of aryl methyl sites for hydroxylation is 1. The molecule has 0 radical (unpaired) electrons. The fraction of sp³-hybridized carbons (Fsp3) is 0.500. The number of amides is 1. The molecule has 0 saturated carbocycles. The van der Waals surface area contributed by atoms with Crippen LogP contribution in [0.5, 0.6) is 11.5 Å². The highest BCUT2D eigenvalue weighted by Crippen LogP contribution is 2.28. The summed E-state index contributed by atoms with van der Waals surface area (Å²) in [6.45, 7) is 1.21. The van der Waals surface area contributed by atoms with Crippen molar-refractivity contribution in [3.8, 4) is 11.5 Å². The van der Waals surface area contributed by atoms with Crippen LogP contribution in [0.4, 0.5) is 0 Å². The Labute approximate surface area is 107 Å². The lowest BCUT2D eigenvalue weighted by molar-refractivity contribution is -0.129. The summed E-state index contributed by atoms with van der Waals surface area (Å²) in [5.41, 5.74) is 1.19. The van der Waals surface area contributed by atoms with E-state index in [1.54, 1.807) is 19.0 Å². The lowest BCUT2D eigenvalue weighted by atomic mass is 10.1. The number of nitrogens with zero attached hydrogens (tertiary/aromatic N) is 1. The minimum Gasteiger partial charge on any atom is -0.493 e. The lowest BCUT2D eigenvalue weighted by Crippen LogP contribution is -2.23. The molecule has 4 heteroatoms. The van der Waals surface area contributed by atoms with Gasteiger partial charge in [0.05, 0.1) is 19.6 Å². The summed E-state index contributed by atoms with van der Waals surface area (Å²) in [5.74, 6) is 1.85. The number of fused-ring (bicyclic) bond motifs is 1. The Balaban J connectivity index is 1.88. The molecule has 1 aliphatic heterocycles. The molecule has 0 saturated heterocycles. The molecule has 98 valence electrons. The van der Waals surface area contributed by atoms with E-state index in [1.165, 1.54) is 5.56 Å². The number of carbonyl (C=O) groups is 1. The molecule has 0 aromatic heterocycles. The van der Waals surface area contributed by atoms with Crippen molar-refractivity contribution in [3.05, 3.63) is 23.8 Å². The van der Waals surface area contributed by atoms with Crippen LogP contribution in [0.25, 0.3) is 0 Å². The van der Waals surface area contributed by atoms with E-state index in [2.05, 4.69) is 0 Å². The molecule has 2 rings (SSSR count). The normalized spacial score (nSPS) is 13.4. The van der Waals surface area contributed by atoms with E-state index in [0.29, 0.717) is 13.0 Å². The summed E-state index contributed by atoms with van der Waals surface area (Å²) >= 11 is 0. The maximum atomic E-state index is 11.4. The number of hydrogen-bond donors (Lipinski definition) is 0. The molecular weight excluding hydrogens is 230 g/mol. The van der Waals surface area contributed by atoms with Crippen molar-refractivity contribution >= 4 is 5.91 Å². The van der Waals surface area contributed by atoms with Crippen LogP contribution in [0.2, 0.25) is 0 Å². The zero-order chi connectivity index (χ0) is 13.0. The molecule has 0 aliphatic carbocycles. The third-order valence-corrected chi connectivity index (χ3v) is 2.96. The monoisotopic (exact) mass is 249 g/mol. The SMILES string of the molecule is CN(C)C(=O)CCOc1ccc2c(c1)CCCO2. The third kappa shape index (κ3) is 3.15. The highest BCUT2D eigenvalue weighted by atomic mass is 16.5. The lowest BCUT2D eigenvalue weighted by Gasteiger charge is -2.18. The average molecular weight is 249 g/mol. The molecule has 1 heterocycles. The molecule has 1 amide bonds. The Morgan fingerprint density at radius 2 is 2.28 bits per heavy atom. The van der Waals surface area contributed by atoms with E-state index >= 15 is 0 Å². The average Bonchev–Trinajstić information content (AvgIpc) is 2.38.